The van der Waals surface area contributed by atoms with Gasteiger partial charge in [0.05, 0.1) is 6.61 Å². The SMILES string of the molecule is CCOc1ccccc1C1CCC(NC)C1. The molecule has 1 aromatic rings. The van der Waals surface area contributed by atoms with Crippen LogP contribution in [0.5, 0.6) is 5.75 Å². The third kappa shape index (κ3) is 2.38. The molecule has 0 amide bonds. The quantitative estimate of drug-likeness (QED) is 0.840. The number of rotatable bonds is 4. The van der Waals surface area contributed by atoms with Crippen molar-refractivity contribution in [2.24, 2.45) is 0 Å². The molecule has 1 aliphatic carbocycles. The van der Waals surface area contributed by atoms with Gasteiger partial charge in [0.1, 0.15) is 5.75 Å². The van der Waals surface area contributed by atoms with E-state index in [-0.39, 0.29) is 0 Å². The molecule has 0 bridgehead atoms. The molecule has 2 rings (SSSR count). The van der Waals surface area contributed by atoms with Crippen molar-refractivity contribution in [3.05, 3.63) is 29.8 Å². The summed E-state index contributed by atoms with van der Waals surface area (Å²) in [5.74, 6) is 1.74. The first-order valence-electron chi connectivity index (χ1n) is 6.24. The van der Waals surface area contributed by atoms with Gasteiger partial charge in [-0.2, -0.15) is 0 Å². The lowest BCUT2D eigenvalue weighted by Gasteiger charge is -2.15. The van der Waals surface area contributed by atoms with Crippen LogP contribution in [0.2, 0.25) is 0 Å². The Morgan fingerprint density at radius 2 is 2.12 bits per heavy atom. The fraction of sp³-hybridized carbons (Fsp3) is 0.571. The summed E-state index contributed by atoms with van der Waals surface area (Å²) in [6, 6.07) is 9.16. The molecule has 0 aromatic heterocycles. The Morgan fingerprint density at radius 3 is 2.81 bits per heavy atom. The number of hydrogen-bond acceptors (Lipinski definition) is 2. The lowest BCUT2D eigenvalue weighted by Crippen LogP contribution is -2.21. The van der Waals surface area contributed by atoms with E-state index in [2.05, 4.69) is 36.6 Å². The Hall–Kier alpha value is -1.02. The highest BCUT2D eigenvalue weighted by Gasteiger charge is 2.26. The van der Waals surface area contributed by atoms with E-state index in [0.29, 0.717) is 12.0 Å². The first-order valence-corrected chi connectivity index (χ1v) is 6.24. The molecule has 1 saturated carbocycles. The predicted octanol–water partition coefficient (Wildman–Crippen LogP) is 2.94. The van der Waals surface area contributed by atoms with Gasteiger partial charge in [0.2, 0.25) is 0 Å². The summed E-state index contributed by atoms with van der Waals surface area (Å²) in [5.41, 5.74) is 1.39. The fourth-order valence-corrected chi connectivity index (χ4v) is 2.63. The van der Waals surface area contributed by atoms with Crippen molar-refractivity contribution in [1.82, 2.24) is 5.32 Å². The smallest absolute Gasteiger partial charge is 0.122 e. The average molecular weight is 219 g/mol. The Labute approximate surface area is 98.0 Å². The second-order valence-corrected chi connectivity index (χ2v) is 4.47. The van der Waals surface area contributed by atoms with Crippen molar-refractivity contribution in [2.45, 2.75) is 38.1 Å². The van der Waals surface area contributed by atoms with Crippen molar-refractivity contribution >= 4 is 0 Å². The molecule has 2 nitrogen and oxygen atoms in total. The minimum atomic E-state index is 0.667. The van der Waals surface area contributed by atoms with Crippen LogP contribution in [0.15, 0.2) is 24.3 Å². The number of benzene rings is 1. The van der Waals surface area contributed by atoms with Crippen LogP contribution < -0.4 is 10.1 Å². The van der Waals surface area contributed by atoms with Crippen LogP contribution in [0.25, 0.3) is 0 Å². The molecule has 88 valence electrons. The standard InChI is InChI=1S/C14H21NO/c1-3-16-14-7-5-4-6-13(14)11-8-9-12(10-11)15-2/h4-7,11-12,15H,3,8-10H2,1-2H3. The largest absolute Gasteiger partial charge is 0.494 e. The second-order valence-electron chi connectivity index (χ2n) is 4.47. The van der Waals surface area contributed by atoms with Crippen LogP contribution in [-0.2, 0) is 0 Å². The van der Waals surface area contributed by atoms with Gasteiger partial charge >= 0.3 is 0 Å². The minimum Gasteiger partial charge on any atom is -0.494 e. The molecule has 2 unspecified atom stereocenters. The summed E-state index contributed by atoms with van der Waals surface area (Å²) >= 11 is 0. The second kappa shape index (κ2) is 5.35. The van der Waals surface area contributed by atoms with Crippen molar-refractivity contribution in [3.8, 4) is 5.75 Å². The van der Waals surface area contributed by atoms with E-state index < -0.39 is 0 Å². The maximum absolute atomic E-state index is 5.70. The molecule has 1 N–H and O–H groups in total. The third-order valence-corrected chi connectivity index (χ3v) is 3.50. The van der Waals surface area contributed by atoms with Gasteiger partial charge in [-0.15, -0.1) is 0 Å². The van der Waals surface area contributed by atoms with E-state index in [1.54, 1.807) is 0 Å². The predicted molar refractivity (Wildman–Crippen MR) is 67.1 cm³/mol. The minimum absolute atomic E-state index is 0.667. The van der Waals surface area contributed by atoms with E-state index in [1.165, 1.54) is 24.8 Å². The molecular weight excluding hydrogens is 198 g/mol. The topological polar surface area (TPSA) is 21.3 Å². The molecule has 0 spiro atoms. The van der Waals surface area contributed by atoms with Gasteiger partial charge in [0, 0.05) is 6.04 Å². The molecule has 0 saturated heterocycles. The first-order chi connectivity index (χ1) is 7.85. The van der Waals surface area contributed by atoms with Gasteiger partial charge < -0.3 is 10.1 Å². The summed E-state index contributed by atoms with van der Waals surface area (Å²) in [6.45, 7) is 2.79. The number of hydrogen-bond donors (Lipinski definition) is 1. The van der Waals surface area contributed by atoms with E-state index in [1.807, 2.05) is 6.92 Å². The van der Waals surface area contributed by atoms with Crippen LogP contribution in [0.1, 0.15) is 37.7 Å². The summed E-state index contributed by atoms with van der Waals surface area (Å²) in [7, 11) is 2.06. The maximum atomic E-state index is 5.70. The van der Waals surface area contributed by atoms with Crippen LogP contribution in [-0.4, -0.2) is 19.7 Å². The Balaban J connectivity index is 2.14. The maximum Gasteiger partial charge on any atom is 0.122 e. The Kier molecular flexibility index (Phi) is 3.83. The zero-order valence-electron chi connectivity index (χ0n) is 10.2. The lowest BCUT2D eigenvalue weighted by molar-refractivity contribution is 0.334. The third-order valence-electron chi connectivity index (χ3n) is 3.50. The molecule has 0 radical (unpaired) electrons. The van der Waals surface area contributed by atoms with Crippen LogP contribution >= 0.6 is 0 Å². The van der Waals surface area contributed by atoms with Gasteiger partial charge in [-0.25, -0.2) is 0 Å². The molecule has 2 heteroatoms. The van der Waals surface area contributed by atoms with Crippen LogP contribution in [0, 0.1) is 0 Å². The Morgan fingerprint density at radius 1 is 1.31 bits per heavy atom. The van der Waals surface area contributed by atoms with Gasteiger partial charge in [-0.3, -0.25) is 0 Å². The number of ether oxygens (including phenoxy) is 1. The molecule has 1 aliphatic rings. The summed E-state index contributed by atoms with van der Waals surface area (Å²) < 4.78 is 5.70. The summed E-state index contributed by atoms with van der Waals surface area (Å²) in [6.07, 6.45) is 3.79. The molecule has 2 atom stereocenters. The zero-order chi connectivity index (χ0) is 11.4. The molecule has 16 heavy (non-hydrogen) atoms. The van der Waals surface area contributed by atoms with Crippen molar-refractivity contribution in [1.29, 1.82) is 0 Å². The molecule has 0 aliphatic heterocycles. The van der Waals surface area contributed by atoms with Gasteiger partial charge in [-0.05, 0) is 50.8 Å². The van der Waals surface area contributed by atoms with Crippen molar-refractivity contribution in [3.63, 3.8) is 0 Å². The molecule has 1 fully saturated rings. The fourth-order valence-electron chi connectivity index (χ4n) is 2.63. The van der Waals surface area contributed by atoms with Crippen LogP contribution in [0.4, 0.5) is 0 Å². The van der Waals surface area contributed by atoms with E-state index >= 15 is 0 Å². The monoisotopic (exact) mass is 219 g/mol. The van der Waals surface area contributed by atoms with Crippen molar-refractivity contribution < 1.29 is 4.74 Å². The molecule has 1 aromatic carbocycles. The van der Waals surface area contributed by atoms with Gasteiger partial charge in [0.25, 0.3) is 0 Å². The van der Waals surface area contributed by atoms with E-state index in [4.69, 9.17) is 4.74 Å². The van der Waals surface area contributed by atoms with Crippen LogP contribution in [0.3, 0.4) is 0 Å². The number of nitrogens with one attached hydrogen (secondary N) is 1. The highest BCUT2D eigenvalue weighted by molar-refractivity contribution is 5.37. The molecular formula is C14H21NO. The van der Waals surface area contributed by atoms with Crippen molar-refractivity contribution in [2.75, 3.05) is 13.7 Å². The lowest BCUT2D eigenvalue weighted by atomic mass is 9.96. The van der Waals surface area contributed by atoms with Gasteiger partial charge in [-0.1, -0.05) is 18.2 Å². The average Bonchev–Trinajstić information content (AvgIpc) is 2.79. The zero-order valence-corrected chi connectivity index (χ0v) is 10.2. The highest BCUT2D eigenvalue weighted by atomic mass is 16.5. The normalized spacial score (nSPS) is 24.6. The van der Waals surface area contributed by atoms with E-state index in [9.17, 15) is 0 Å². The number of para-hydroxylation sites is 1. The summed E-state index contributed by atoms with van der Waals surface area (Å²) in [5, 5.41) is 3.37. The highest BCUT2D eigenvalue weighted by Crippen LogP contribution is 2.38. The first kappa shape index (κ1) is 11.5. The summed E-state index contributed by atoms with van der Waals surface area (Å²) in [4.78, 5) is 0. The van der Waals surface area contributed by atoms with E-state index in [0.717, 1.165) is 12.4 Å². The van der Waals surface area contributed by atoms with Gasteiger partial charge in [0.15, 0.2) is 0 Å². The Bertz CT molecular complexity index is 337. The molecule has 0 heterocycles.